The van der Waals surface area contributed by atoms with Crippen LogP contribution in [0.2, 0.25) is 0 Å². The number of aliphatic hydroxyl groups is 1. The van der Waals surface area contributed by atoms with Crippen LogP contribution in [0.4, 0.5) is 0 Å². The van der Waals surface area contributed by atoms with Gasteiger partial charge in [0.2, 0.25) is 0 Å². The van der Waals surface area contributed by atoms with E-state index in [1.54, 1.807) is 0 Å². The van der Waals surface area contributed by atoms with Gasteiger partial charge in [-0.15, -0.1) is 0 Å². The fourth-order valence-corrected chi connectivity index (χ4v) is 2.94. The second kappa shape index (κ2) is 18.5. The van der Waals surface area contributed by atoms with Crippen LogP contribution >= 0.6 is 0 Å². The molecule has 0 saturated carbocycles. The minimum absolute atomic E-state index is 0.252. The zero-order valence-electron chi connectivity index (χ0n) is 15.8. The van der Waals surface area contributed by atoms with Crippen molar-refractivity contribution in [3.8, 4) is 0 Å². The Labute approximate surface area is 149 Å². The van der Waals surface area contributed by atoms with Crippen LogP contribution < -0.4 is 0 Å². The standard InChI is InChI=1S/C21H40O3/c1-2-3-4-5-6-7-8-9-10-11-12-13-14-15-16-17-18-20(19-22)21(23)24/h14-15,20,22H,2-13,16-19H2,1H3,(H,23,24). The molecule has 0 saturated heterocycles. The number of rotatable bonds is 18. The molecule has 3 nitrogen and oxygen atoms in total. The first-order valence-corrected chi connectivity index (χ1v) is 10.2. The Bertz CT molecular complexity index is 299. The predicted molar refractivity (Wildman–Crippen MR) is 102 cm³/mol. The van der Waals surface area contributed by atoms with Crippen molar-refractivity contribution in [2.24, 2.45) is 5.92 Å². The van der Waals surface area contributed by atoms with Gasteiger partial charge in [-0.2, -0.15) is 0 Å². The Morgan fingerprint density at radius 3 is 1.71 bits per heavy atom. The van der Waals surface area contributed by atoms with Crippen LogP contribution in [0.25, 0.3) is 0 Å². The second-order valence-corrected chi connectivity index (χ2v) is 6.94. The number of aliphatic carboxylic acids is 1. The SMILES string of the molecule is CCCCCCCCCCCCCC=CCCCC(CO)C(=O)O. The molecular formula is C21H40O3. The van der Waals surface area contributed by atoms with E-state index in [4.69, 9.17) is 10.2 Å². The number of carboxylic acid groups (broad SMARTS) is 1. The van der Waals surface area contributed by atoms with Crippen molar-refractivity contribution in [2.75, 3.05) is 6.61 Å². The normalized spacial score (nSPS) is 12.8. The summed E-state index contributed by atoms with van der Waals surface area (Å²) in [6.45, 7) is 2.01. The molecule has 142 valence electrons. The van der Waals surface area contributed by atoms with E-state index >= 15 is 0 Å². The molecule has 0 bridgehead atoms. The molecule has 0 heterocycles. The monoisotopic (exact) mass is 340 g/mol. The van der Waals surface area contributed by atoms with Gasteiger partial charge in [0.05, 0.1) is 12.5 Å². The summed E-state index contributed by atoms with van der Waals surface area (Å²) in [7, 11) is 0. The third-order valence-corrected chi connectivity index (χ3v) is 4.63. The van der Waals surface area contributed by atoms with Gasteiger partial charge < -0.3 is 10.2 Å². The molecule has 0 fully saturated rings. The number of carbonyl (C=O) groups is 1. The molecule has 2 N–H and O–H groups in total. The van der Waals surface area contributed by atoms with Crippen LogP contribution in [-0.4, -0.2) is 22.8 Å². The number of hydrogen-bond donors (Lipinski definition) is 2. The Morgan fingerprint density at radius 1 is 0.792 bits per heavy atom. The zero-order valence-corrected chi connectivity index (χ0v) is 15.8. The number of aliphatic hydroxyl groups excluding tert-OH is 1. The lowest BCUT2D eigenvalue weighted by molar-refractivity contribution is -0.143. The van der Waals surface area contributed by atoms with E-state index in [-0.39, 0.29) is 6.61 Å². The van der Waals surface area contributed by atoms with Crippen LogP contribution in [0.5, 0.6) is 0 Å². The van der Waals surface area contributed by atoms with Gasteiger partial charge in [-0.05, 0) is 32.1 Å². The van der Waals surface area contributed by atoms with E-state index in [9.17, 15) is 4.79 Å². The van der Waals surface area contributed by atoms with E-state index in [1.165, 1.54) is 70.6 Å². The largest absolute Gasteiger partial charge is 0.481 e. The first kappa shape index (κ1) is 23.2. The summed E-state index contributed by atoms with van der Waals surface area (Å²) in [6, 6.07) is 0. The van der Waals surface area contributed by atoms with Gasteiger partial charge in [0.1, 0.15) is 0 Å². The molecule has 0 rings (SSSR count). The van der Waals surface area contributed by atoms with E-state index in [1.807, 2.05) is 0 Å². The van der Waals surface area contributed by atoms with Crippen LogP contribution in [0, 0.1) is 5.92 Å². The van der Waals surface area contributed by atoms with Gasteiger partial charge in [-0.25, -0.2) is 0 Å². The zero-order chi connectivity index (χ0) is 17.9. The first-order chi connectivity index (χ1) is 11.7. The molecule has 0 aliphatic carbocycles. The third-order valence-electron chi connectivity index (χ3n) is 4.63. The Balaban J connectivity index is 3.22. The Morgan fingerprint density at radius 2 is 1.25 bits per heavy atom. The number of hydrogen-bond acceptors (Lipinski definition) is 2. The topological polar surface area (TPSA) is 57.5 Å². The number of allylic oxidation sites excluding steroid dienone is 2. The average Bonchev–Trinajstić information content (AvgIpc) is 2.57. The fourth-order valence-electron chi connectivity index (χ4n) is 2.94. The summed E-state index contributed by atoms with van der Waals surface area (Å²) in [5.74, 6) is -1.48. The van der Waals surface area contributed by atoms with Crippen LogP contribution in [0.1, 0.15) is 103 Å². The van der Waals surface area contributed by atoms with Gasteiger partial charge >= 0.3 is 5.97 Å². The van der Waals surface area contributed by atoms with Gasteiger partial charge in [0, 0.05) is 0 Å². The summed E-state index contributed by atoms with van der Waals surface area (Å²) < 4.78 is 0. The molecule has 0 aliphatic rings. The molecule has 1 unspecified atom stereocenters. The maximum absolute atomic E-state index is 10.7. The van der Waals surface area contributed by atoms with Crippen molar-refractivity contribution in [3.05, 3.63) is 12.2 Å². The minimum atomic E-state index is -0.887. The van der Waals surface area contributed by atoms with Gasteiger partial charge in [-0.3, -0.25) is 4.79 Å². The third kappa shape index (κ3) is 16.0. The van der Waals surface area contributed by atoms with Crippen LogP contribution in [0.15, 0.2) is 12.2 Å². The molecule has 1 atom stereocenters. The Hall–Kier alpha value is -0.830. The summed E-state index contributed by atoms with van der Waals surface area (Å²) in [4.78, 5) is 10.7. The van der Waals surface area contributed by atoms with Crippen LogP contribution in [0.3, 0.4) is 0 Å². The highest BCUT2D eigenvalue weighted by molar-refractivity contribution is 5.69. The predicted octanol–water partition coefficient (Wildman–Crippen LogP) is 6.11. The molecule has 0 aromatic carbocycles. The molecule has 0 spiro atoms. The van der Waals surface area contributed by atoms with Crippen molar-refractivity contribution in [1.29, 1.82) is 0 Å². The highest BCUT2D eigenvalue weighted by Crippen LogP contribution is 2.12. The van der Waals surface area contributed by atoms with E-state index < -0.39 is 11.9 Å². The molecule has 0 aromatic rings. The first-order valence-electron chi connectivity index (χ1n) is 10.2. The summed E-state index contributed by atoms with van der Waals surface area (Å²) in [5, 5.41) is 17.7. The summed E-state index contributed by atoms with van der Waals surface area (Å²) in [5.41, 5.74) is 0. The number of unbranched alkanes of at least 4 members (excludes halogenated alkanes) is 12. The molecule has 24 heavy (non-hydrogen) atoms. The Kier molecular flexibility index (Phi) is 17.9. The lowest BCUT2D eigenvalue weighted by Gasteiger charge is -2.06. The molecule has 0 aromatic heterocycles. The molecular weight excluding hydrogens is 300 g/mol. The lowest BCUT2D eigenvalue weighted by Crippen LogP contribution is -2.17. The molecule has 3 heteroatoms. The van der Waals surface area contributed by atoms with E-state index in [2.05, 4.69) is 19.1 Å². The van der Waals surface area contributed by atoms with Crippen molar-refractivity contribution >= 4 is 5.97 Å². The highest BCUT2D eigenvalue weighted by atomic mass is 16.4. The maximum Gasteiger partial charge on any atom is 0.308 e. The average molecular weight is 341 g/mol. The van der Waals surface area contributed by atoms with Crippen molar-refractivity contribution < 1.29 is 15.0 Å². The molecule has 0 radical (unpaired) electrons. The molecule has 0 aliphatic heterocycles. The quantitative estimate of drug-likeness (QED) is 0.234. The maximum atomic E-state index is 10.7. The second-order valence-electron chi connectivity index (χ2n) is 6.94. The van der Waals surface area contributed by atoms with Gasteiger partial charge in [0.15, 0.2) is 0 Å². The molecule has 0 amide bonds. The van der Waals surface area contributed by atoms with E-state index in [0.717, 1.165) is 19.3 Å². The van der Waals surface area contributed by atoms with Crippen molar-refractivity contribution in [1.82, 2.24) is 0 Å². The van der Waals surface area contributed by atoms with E-state index in [0.29, 0.717) is 6.42 Å². The smallest absolute Gasteiger partial charge is 0.308 e. The number of carboxylic acids is 1. The van der Waals surface area contributed by atoms with Crippen molar-refractivity contribution in [2.45, 2.75) is 103 Å². The van der Waals surface area contributed by atoms with Crippen molar-refractivity contribution in [3.63, 3.8) is 0 Å². The summed E-state index contributed by atoms with van der Waals surface area (Å²) >= 11 is 0. The minimum Gasteiger partial charge on any atom is -0.481 e. The van der Waals surface area contributed by atoms with Gasteiger partial charge in [-0.1, -0.05) is 83.3 Å². The van der Waals surface area contributed by atoms with Crippen LogP contribution in [-0.2, 0) is 4.79 Å². The fraction of sp³-hybridized carbons (Fsp3) is 0.857. The summed E-state index contributed by atoms with van der Waals surface area (Å²) in [6.07, 6.45) is 23.0. The highest BCUT2D eigenvalue weighted by Gasteiger charge is 2.14. The van der Waals surface area contributed by atoms with Gasteiger partial charge in [0.25, 0.3) is 0 Å². The lowest BCUT2D eigenvalue weighted by atomic mass is 10.0.